The first kappa shape index (κ1) is 47.5. The summed E-state index contributed by atoms with van der Waals surface area (Å²) < 4.78 is 39.5. The van der Waals surface area contributed by atoms with Crippen LogP contribution in [0.5, 0.6) is 0 Å². The first-order valence-corrected chi connectivity index (χ1v) is 21.6. The number of phosphoric acid groups is 1. The molecule has 0 amide bonds. The van der Waals surface area contributed by atoms with E-state index in [0.717, 1.165) is 77.0 Å². The molecule has 0 saturated carbocycles. The Morgan fingerprint density at radius 3 is 1.90 bits per heavy atom. The lowest BCUT2D eigenvalue weighted by Crippen LogP contribution is -2.37. The third-order valence-electron chi connectivity index (χ3n) is 8.87. The van der Waals surface area contributed by atoms with Crippen LogP contribution in [0.2, 0.25) is 0 Å². The van der Waals surface area contributed by atoms with Crippen LogP contribution in [-0.2, 0) is 37.4 Å². The number of ether oxygens (including phenoxy) is 3. The molecule has 3 unspecified atom stereocenters. The number of unbranched alkanes of at least 4 members (excludes halogenated alkanes) is 14. The summed E-state index contributed by atoms with van der Waals surface area (Å²) in [5.41, 5.74) is 0. The lowest BCUT2D eigenvalue weighted by Gasteiger charge is -2.28. The van der Waals surface area contributed by atoms with Gasteiger partial charge in [0.2, 0.25) is 0 Å². The summed E-state index contributed by atoms with van der Waals surface area (Å²) in [6.07, 6.45) is 30.9. The molecule has 4 atom stereocenters. The van der Waals surface area contributed by atoms with Crippen molar-refractivity contribution in [2.24, 2.45) is 0 Å². The van der Waals surface area contributed by atoms with Crippen molar-refractivity contribution in [3.05, 3.63) is 24.3 Å². The molecule has 0 radical (unpaired) electrons. The van der Waals surface area contributed by atoms with Crippen molar-refractivity contribution < 1.29 is 46.8 Å². The third-order valence-corrected chi connectivity index (χ3v) is 9.83. The largest absolute Gasteiger partial charge is 0.756 e. The van der Waals surface area contributed by atoms with Gasteiger partial charge < -0.3 is 32.6 Å². The third kappa shape index (κ3) is 30.6. The summed E-state index contributed by atoms with van der Waals surface area (Å²) in [5, 5.41) is 0. The zero-order valence-electron chi connectivity index (χ0n) is 33.0. The van der Waals surface area contributed by atoms with E-state index in [-0.39, 0.29) is 26.1 Å². The number of hydrogen-bond donors (Lipinski definition) is 0. The van der Waals surface area contributed by atoms with Crippen LogP contribution in [0.4, 0.5) is 0 Å². The summed E-state index contributed by atoms with van der Waals surface area (Å²) in [5.74, 6) is -0.869. The highest BCUT2D eigenvalue weighted by Crippen LogP contribution is 2.38. The van der Waals surface area contributed by atoms with Gasteiger partial charge in [-0.2, -0.15) is 0 Å². The fourth-order valence-corrected chi connectivity index (χ4v) is 6.25. The normalized spacial score (nSPS) is 17.9. The smallest absolute Gasteiger partial charge is 0.306 e. The SMILES string of the molecule is CCCC/C=C\CCCCCCCC(=O)O[C@H](COC(=O)CCCCCCC/C=C\CC1OC1CCCCC)COP(=O)([O-])OCC[N+](C)(C)C. The molecule has 1 fully saturated rings. The van der Waals surface area contributed by atoms with Gasteiger partial charge in [-0.3, -0.25) is 14.2 Å². The highest BCUT2D eigenvalue weighted by Gasteiger charge is 2.36. The number of hydrogen-bond acceptors (Lipinski definition) is 9. The van der Waals surface area contributed by atoms with Crippen LogP contribution >= 0.6 is 7.82 Å². The maximum atomic E-state index is 12.6. The molecule has 0 aliphatic carbocycles. The molecule has 51 heavy (non-hydrogen) atoms. The van der Waals surface area contributed by atoms with E-state index < -0.39 is 32.5 Å². The van der Waals surface area contributed by atoms with E-state index in [1.54, 1.807) is 0 Å². The maximum Gasteiger partial charge on any atom is 0.306 e. The molecule has 1 heterocycles. The molecular weight excluding hydrogens is 669 g/mol. The van der Waals surface area contributed by atoms with E-state index in [1.807, 2.05) is 21.1 Å². The van der Waals surface area contributed by atoms with Crippen molar-refractivity contribution in [3.63, 3.8) is 0 Å². The van der Waals surface area contributed by atoms with E-state index in [1.165, 1.54) is 38.5 Å². The molecule has 1 rings (SSSR count). The molecule has 1 aliphatic rings. The Labute approximate surface area is 311 Å². The zero-order chi connectivity index (χ0) is 37.6. The topological polar surface area (TPSA) is 124 Å². The van der Waals surface area contributed by atoms with Crippen molar-refractivity contribution in [2.75, 3.05) is 47.5 Å². The van der Waals surface area contributed by atoms with Gasteiger partial charge in [0.15, 0.2) is 6.10 Å². The van der Waals surface area contributed by atoms with Crippen molar-refractivity contribution >= 4 is 19.8 Å². The first-order valence-electron chi connectivity index (χ1n) is 20.2. The van der Waals surface area contributed by atoms with Crippen LogP contribution in [0, 0.1) is 0 Å². The van der Waals surface area contributed by atoms with Crippen molar-refractivity contribution in [1.29, 1.82) is 0 Å². The molecule has 0 aromatic carbocycles. The number of rotatable bonds is 35. The average Bonchev–Trinajstić information content (AvgIpc) is 3.82. The predicted octanol–water partition coefficient (Wildman–Crippen LogP) is 9.15. The minimum absolute atomic E-state index is 0.0367. The molecule has 10 nitrogen and oxygen atoms in total. The monoisotopic (exact) mass is 744 g/mol. The van der Waals surface area contributed by atoms with Gasteiger partial charge in [0, 0.05) is 12.8 Å². The molecule has 0 aromatic rings. The maximum absolute atomic E-state index is 12.6. The van der Waals surface area contributed by atoms with Gasteiger partial charge in [0.25, 0.3) is 7.82 Å². The number of epoxide rings is 1. The number of allylic oxidation sites excluding steroid dienone is 3. The molecule has 0 N–H and O–H groups in total. The average molecular weight is 744 g/mol. The van der Waals surface area contributed by atoms with Gasteiger partial charge in [-0.05, 0) is 57.8 Å². The van der Waals surface area contributed by atoms with Crippen LogP contribution in [0.1, 0.15) is 155 Å². The van der Waals surface area contributed by atoms with Gasteiger partial charge in [0.1, 0.15) is 19.8 Å². The fourth-order valence-electron chi connectivity index (χ4n) is 5.52. The molecule has 1 aliphatic heterocycles. The van der Waals surface area contributed by atoms with E-state index >= 15 is 0 Å². The van der Waals surface area contributed by atoms with Crippen molar-refractivity contribution in [3.8, 4) is 0 Å². The Kier molecular flexibility index (Phi) is 27.8. The highest BCUT2D eigenvalue weighted by molar-refractivity contribution is 7.45. The number of phosphoric ester groups is 1. The summed E-state index contributed by atoms with van der Waals surface area (Å²) in [7, 11) is 1.14. The number of likely N-dealkylation sites (N-methyl/N-ethyl adjacent to an activating group) is 1. The Morgan fingerprint density at radius 1 is 0.706 bits per heavy atom. The van der Waals surface area contributed by atoms with Gasteiger partial charge in [-0.15, -0.1) is 0 Å². The van der Waals surface area contributed by atoms with E-state index in [9.17, 15) is 19.0 Å². The molecule has 298 valence electrons. The van der Waals surface area contributed by atoms with Crippen molar-refractivity contribution in [1.82, 2.24) is 0 Å². The Bertz CT molecular complexity index is 997. The van der Waals surface area contributed by atoms with Gasteiger partial charge in [-0.25, -0.2) is 0 Å². The van der Waals surface area contributed by atoms with Gasteiger partial charge in [0.05, 0.1) is 40.0 Å². The van der Waals surface area contributed by atoms with Crippen LogP contribution in [-0.4, -0.2) is 82.2 Å². The highest BCUT2D eigenvalue weighted by atomic mass is 31.2. The number of esters is 2. The standard InChI is InChI=1S/C40H74NO9P/c1-6-8-10-11-12-13-14-15-20-23-27-31-40(43)49-36(35-48-51(44,45)47-33-32-41(3,4)5)34-46-39(42)30-26-22-19-17-16-18-21-25-29-38-37(50-38)28-24-9-7-2/h11-12,21,25,36-38H,6-10,13-20,22-24,26-35H2,1-5H3/b12-11-,25-21-/t36-,37?,38?/m1/s1. The fraction of sp³-hybridized carbons (Fsp3) is 0.850. The minimum atomic E-state index is -4.62. The molecule has 11 heteroatoms. The molecule has 0 aromatic heterocycles. The number of carbonyl (C=O) groups is 2. The van der Waals surface area contributed by atoms with E-state index in [2.05, 4.69) is 38.2 Å². The zero-order valence-corrected chi connectivity index (χ0v) is 33.9. The lowest BCUT2D eigenvalue weighted by molar-refractivity contribution is -0.870. The summed E-state index contributed by atoms with van der Waals surface area (Å²) in [6.45, 7) is 4.11. The van der Waals surface area contributed by atoms with Gasteiger partial charge in [-0.1, -0.05) is 109 Å². The second-order valence-corrected chi connectivity index (χ2v) is 16.4. The van der Waals surface area contributed by atoms with Crippen molar-refractivity contribution in [2.45, 2.75) is 173 Å². The van der Waals surface area contributed by atoms with E-state index in [4.69, 9.17) is 23.3 Å². The van der Waals surface area contributed by atoms with Crippen LogP contribution in [0.25, 0.3) is 0 Å². The molecule has 1 saturated heterocycles. The summed E-state index contributed by atoms with van der Waals surface area (Å²) in [4.78, 5) is 37.4. The second-order valence-electron chi connectivity index (χ2n) is 15.0. The minimum Gasteiger partial charge on any atom is -0.756 e. The predicted molar refractivity (Wildman–Crippen MR) is 203 cm³/mol. The Hall–Kier alpha value is -1.55. The van der Waals surface area contributed by atoms with Crippen LogP contribution in [0.3, 0.4) is 0 Å². The molecule has 0 bridgehead atoms. The first-order chi connectivity index (χ1) is 24.5. The van der Waals surface area contributed by atoms with E-state index in [0.29, 0.717) is 36.1 Å². The van der Waals surface area contributed by atoms with Crippen LogP contribution < -0.4 is 4.89 Å². The quantitative estimate of drug-likeness (QED) is 0.0156. The summed E-state index contributed by atoms with van der Waals surface area (Å²) >= 11 is 0. The second kappa shape index (κ2) is 29.9. The number of carbonyl (C=O) groups excluding carboxylic acids is 2. The Morgan fingerprint density at radius 2 is 1.27 bits per heavy atom. The van der Waals surface area contributed by atoms with Crippen LogP contribution in [0.15, 0.2) is 24.3 Å². The molecular formula is C40H74NO9P. The number of quaternary nitrogens is 1. The lowest BCUT2D eigenvalue weighted by atomic mass is 10.1. The Balaban J connectivity index is 2.30. The number of nitrogens with zero attached hydrogens (tertiary/aromatic N) is 1. The summed E-state index contributed by atoms with van der Waals surface area (Å²) in [6, 6.07) is 0. The van der Waals surface area contributed by atoms with Gasteiger partial charge >= 0.3 is 11.9 Å². The molecule has 0 spiro atoms.